The summed E-state index contributed by atoms with van der Waals surface area (Å²) >= 11 is 5.93. The number of aliphatic imine (C=N–C) groups is 1. The van der Waals surface area contributed by atoms with Gasteiger partial charge in [0.25, 0.3) is 11.8 Å². The molecule has 0 aromatic heterocycles. The molecule has 0 saturated heterocycles. The number of nitrogens with zero attached hydrogens (tertiary/aromatic N) is 2. The van der Waals surface area contributed by atoms with E-state index in [-0.39, 0.29) is 18.2 Å². The van der Waals surface area contributed by atoms with Crippen molar-refractivity contribution in [1.29, 1.82) is 0 Å². The highest BCUT2D eigenvalue weighted by atomic mass is 35.5. The number of fused-ring (bicyclic) bond motifs is 1. The summed E-state index contributed by atoms with van der Waals surface area (Å²) in [7, 11) is 0. The topological polar surface area (TPSA) is 61.8 Å². The van der Waals surface area contributed by atoms with Crippen molar-refractivity contribution in [2.24, 2.45) is 4.99 Å². The van der Waals surface area contributed by atoms with Crippen LogP contribution in [0.3, 0.4) is 0 Å². The molecule has 0 radical (unpaired) electrons. The summed E-state index contributed by atoms with van der Waals surface area (Å²) in [5.41, 5.74) is -0.440. The van der Waals surface area contributed by atoms with Crippen LogP contribution in [0.1, 0.15) is 13.3 Å². The number of amidine groups is 1. The molecule has 112 valence electrons. The van der Waals surface area contributed by atoms with Gasteiger partial charge in [-0.15, -0.1) is 0 Å². The van der Waals surface area contributed by atoms with Gasteiger partial charge in [0.1, 0.15) is 11.4 Å². The van der Waals surface area contributed by atoms with E-state index in [1.165, 1.54) is 0 Å². The molecular formula is C16H14ClN3O2. The minimum atomic E-state index is -1.03. The van der Waals surface area contributed by atoms with E-state index >= 15 is 0 Å². The number of hydrogen-bond donors (Lipinski definition) is 1. The maximum Gasteiger partial charge on any atom is 0.250 e. The number of anilines is 1. The highest BCUT2D eigenvalue weighted by Crippen LogP contribution is 2.29. The summed E-state index contributed by atoms with van der Waals surface area (Å²) in [6, 6.07) is 6.89. The smallest absolute Gasteiger partial charge is 0.250 e. The molecule has 5 nitrogen and oxygen atoms in total. The number of carbonyl (C=O) groups excluding carboxylic acids is 2. The Bertz CT molecular complexity index is 739. The zero-order chi connectivity index (χ0) is 15.7. The van der Waals surface area contributed by atoms with Gasteiger partial charge in [-0.1, -0.05) is 23.7 Å². The maximum absolute atomic E-state index is 12.7. The first-order valence-corrected chi connectivity index (χ1v) is 7.19. The summed E-state index contributed by atoms with van der Waals surface area (Å²) in [4.78, 5) is 30.3. The fraction of sp³-hybridized carbons (Fsp3) is 0.188. The molecule has 2 amide bonds. The number of hydrogen-bond acceptors (Lipinski definition) is 3. The van der Waals surface area contributed by atoms with Gasteiger partial charge in [0.15, 0.2) is 0 Å². The number of amides is 2. The SMILES string of the molecule is CC1(C(=O)Nc2cccc(Cl)c2)CC(=O)N=C2C=CC=CN21. The molecule has 0 bridgehead atoms. The van der Waals surface area contributed by atoms with Crippen LogP contribution in [0.2, 0.25) is 5.02 Å². The van der Waals surface area contributed by atoms with E-state index in [0.717, 1.165) is 0 Å². The van der Waals surface area contributed by atoms with Gasteiger partial charge < -0.3 is 10.2 Å². The Labute approximate surface area is 133 Å². The van der Waals surface area contributed by atoms with E-state index in [1.807, 2.05) is 0 Å². The molecule has 1 N–H and O–H groups in total. The number of carbonyl (C=O) groups is 2. The Morgan fingerprint density at radius 3 is 3.00 bits per heavy atom. The molecule has 0 fully saturated rings. The van der Waals surface area contributed by atoms with Crippen molar-refractivity contribution in [1.82, 2.24) is 4.90 Å². The first-order chi connectivity index (χ1) is 10.5. The molecule has 3 rings (SSSR count). The second-order valence-corrected chi connectivity index (χ2v) is 5.79. The molecule has 1 aromatic carbocycles. The molecule has 2 aliphatic heterocycles. The third-order valence-electron chi connectivity index (χ3n) is 3.68. The molecule has 0 spiro atoms. The average Bonchev–Trinajstić information content (AvgIpc) is 2.47. The van der Waals surface area contributed by atoms with Gasteiger partial charge in [-0.25, -0.2) is 0 Å². The number of halogens is 1. The highest BCUT2D eigenvalue weighted by molar-refractivity contribution is 6.31. The Morgan fingerprint density at radius 1 is 1.41 bits per heavy atom. The maximum atomic E-state index is 12.7. The summed E-state index contributed by atoms with van der Waals surface area (Å²) in [5.74, 6) is -0.118. The summed E-state index contributed by atoms with van der Waals surface area (Å²) in [6.07, 6.45) is 7.06. The van der Waals surface area contributed by atoms with Crippen LogP contribution in [0.15, 0.2) is 53.7 Å². The zero-order valence-electron chi connectivity index (χ0n) is 11.9. The highest BCUT2D eigenvalue weighted by Gasteiger charge is 2.45. The Morgan fingerprint density at radius 2 is 2.23 bits per heavy atom. The van der Waals surface area contributed by atoms with Crippen molar-refractivity contribution in [3.05, 3.63) is 53.7 Å². The minimum Gasteiger partial charge on any atom is -0.324 e. The largest absolute Gasteiger partial charge is 0.324 e. The van der Waals surface area contributed by atoms with Crippen molar-refractivity contribution >= 4 is 34.9 Å². The molecule has 1 atom stereocenters. The standard InChI is InChI=1S/C16H14ClN3O2/c1-16(15(22)18-12-6-4-5-11(17)9-12)10-14(21)19-13-7-2-3-8-20(13)16/h2-9H,10H2,1H3,(H,18,22). The van der Waals surface area contributed by atoms with Crippen LogP contribution in [-0.2, 0) is 9.59 Å². The van der Waals surface area contributed by atoms with Crippen LogP contribution in [0.5, 0.6) is 0 Å². The van der Waals surface area contributed by atoms with Gasteiger partial charge in [-0.05, 0) is 37.3 Å². The van der Waals surface area contributed by atoms with Crippen molar-refractivity contribution in [3.63, 3.8) is 0 Å². The lowest BCUT2D eigenvalue weighted by atomic mass is 9.91. The fourth-order valence-corrected chi connectivity index (χ4v) is 2.70. The third kappa shape index (κ3) is 2.55. The lowest BCUT2D eigenvalue weighted by Crippen LogP contribution is -2.58. The Balaban J connectivity index is 1.90. The van der Waals surface area contributed by atoms with Crippen LogP contribution in [0, 0.1) is 0 Å². The lowest BCUT2D eigenvalue weighted by molar-refractivity contribution is -0.130. The first-order valence-electron chi connectivity index (χ1n) is 6.82. The van der Waals surface area contributed by atoms with E-state index in [9.17, 15) is 9.59 Å². The van der Waals surface area contributed by atoms with Crippen LogP contribution in [-0.4, -0.2) is 28.1 Å². The second-order valence-electron chi connectivity index (χ2n) is 5.35. The molecule has 2 aliphatic rings. The normalized spacial score (nSPS) is 23.1. The van der Waals surface area contributed by atoms with Gasteiger partial charge in [0.05, 0.1) is 6.42 Å². The second kappa shape index (κ2) is 5.42. The van der Waals surface area contributed by atoms with Gasteiger partial charge in [0, 0.05) is 16.9 Å². The number of rotatable bonds is 2. The van der Waals surface area contributed by atoms with Gasteiger partial charge in [-0.3, -0.25) is 9.59 Å². The van der Waals surface area contributed by atoms with E-state index < -0.39 is 5.54 Å². The van der Waals surface area contributed by atoms with Crippen molar-refractivity contribution in [2.45, 2.75) is 18.9 Å². The van der Waals surface area contributed by atoms with Gasteiger partial charge in [0.2, 0.25) is 0 Å². The molecule has 0 saturated carbocycles. The molecule has 0 aliphatic carbocycles. The van der Waals surface area contributed by atoms with Crippen molar-refractivity contribution in [2.75, 3.05) is 5.32 Å². The molecular weight excluding hydrogens is 302 g/mol. The van der Waals surface area contributed by atoms with E-state index in [2.05, 4.69) is 10.3 Å². The zero-order valence-corrected chi connectivity index (χ0v) is 12.7. The van der Waals surface area contributed by atoms with Gasteiger partial charge in [-0.2, -0.15) is 4.99 Å². The van der Waals surface area contributed by atoms with E-state index in [4.69, 9.17) is 11.6 Å². The molecule has 22 heavy (non-hydrogen) atoms. The van der Waals surface area contributed by atoms with E-state index in [0.29, 0.717) is 16.5 Å². The summed E-state index contributed by atoms with van der Waals surface area (Å²) in [6.45, 7) is 1.73. The predicted molar refractivity (Wildman–Crippen MR) is 85.7 cm³/mol. The quantitative estimate of drug-likeness (QED) is 0.913. The number of nitrogens with one attached hydrogen (secondary N) is 1. The fourth-order valence-electron chi connectivity index (χ4n) is 2.51. The summed E-state index contributed by atoms with van der Waals surface area (Å²) < 4.78 is 0. The predicted octanol–water partition coefficient (Wildman–Crippen LogP) is 2.75. The number of allylic oxidation sites excluding steroid dienone is 2. The monoisotopic (exact) mass is 315 g/mol. The van der Waals surface area contributed by atoms with Crippen LogP contribution in [0.25, 0.3) is 0 Å². The minimum absolute atomic E-state index is 0.0150. The Kier molecular flexibility index (Phi) is 3.58. The van der Waals surface area contributed by atoms with E-state index in [1.54, 1.807) is 60.5 Å². The van der Waals surface area contributed by atoms with Crippen molar-refractivity contribution in [3.8, 4) is 0 Å². The molecule has 6 heteroatoms. The molecule has 1 unspecified atom stereocenters. The van der Waals surface area contributed by atoms with Crippen LogP contribution in [0.4, 0.5) is 5.69 Å². The molecule has 2 heterocycles. The molecule has 1 aromatic rings. The van der Waals surface area contributed by atoms with Gasteiger partial charge >= 0.3 is 0 Å². The lowest BCUT2D eigenvalue weighted by Gasteiger charge is -2.41. The first kappa shape index (κ1) is 14.5. The average molecular weight is 316 g/mol. The van der Waals surface area contributed by atoms with Crippen LogP contribution < -0.4 is 5.32 Å². The summed E-state index contributed by atoms with van der Waals surface area (Å²) in [5, 5.41) is 3.35. The number of benzene rings is 1. The third-order valence-corrected chi connectivity index (χ3v) is 3.91. The van der Waals surface area contributed by atoms with Crippen molar-refractivity contribution < 1.29 is 9.59 Å². The Hall–Kier alpha value is -2.40. The van der Waals surface area contributed by atoms with Crippen LogP contribution >= 0.6 is 11.6 Å².